The first kappa shape index (κ1) is 38.8. The standard InChI is InChI=1S/C40H51NO8/c1-4-6-7-8-9-10-11-12-13-14-15-19-28-48-40(45)32-24-27-35(46-3)34(29-32)41-38(43)37(36(42)30-20-17-16-18-21-30)49-33-25-22-31(23-26-33)39(44)47-5-2/h16-18,20-27,29,37H,4-15,19,28H2,1-3H3,(H,41,43). The number of carbonyl (C=O) groups is 4. The van der Waals surface area contributed by atoms with Crippen molar-refractivity contribution in [2.45, 2.75) is 97.0 Å². The summed E-state index contributed by atoms with van der Waals surface area (Å²) in [5, 5.41) is 2.70. The van der Waals surface area contributed by atoms with Crippen molar-refractivity contribution in [2.75, 3.05) is 25.6 Å². The highest BCUT2D eigenvalue weighted by Crippen LogP contribution is 2.27. The van der Waals surface area contributed by atoms with Crippen LogP contribution in [0.4, 0.5) is 5.69 Å². The normalized spacial score (nSPS) is 11.3. The van der Waals surface area contributed by atoms with E-state index in [1.54, 1.807) is 49.4 Å². The molecule has 1 amide bonds. The van der Waals surface area contributed by atoms with Crippen molar-refractivity contribution in [1.82, 2.24) is 0 Å². The number of anilines is 1. The van der Waals surface area contributed by atoms with Crippen LogP contribution in [0.2, 0.25) is 0 Å². The van der Waals surface area contributed by atoms with Crippen molar-refractivity contribution in [1.29, 1.82) is 0 Å². The Kier molecular flexibility index (Phi) is 17.5. The van der Waals surface area contributed by atoms with Gasteiger partial charge in [-0.3, -0.25) is 9.59 Å². The summed E-state index contributed by atoms with van der Waals surface area (Å²) in [5.41, 5.74) is 0.987. The van der Waals surface area contributed by atoms with Gasteiger partial charge in [-0.25, -0.2) is 9.59 Å². The molecule has 0 bridgehead atoms. The van der Waals surface area contributed by atoms with Crippen LogP contribution in [0.25, 0.3) is 0 Å². The van der Waals surface area contributed by atoms with Crippen LogP contribution >= 0.6 is 0 Å². The van der Waals surface area contributed by atoms with Crippen molar-refractivity contribution < 1.29 is 38.1 Å². The van der Waals surface area contributed by atoms with E-state index in [0.29, 0.717) is 12.2 Å². The summed E-state index contributed by atoms with van der Waals surface area (Å²) >= 11 is 0. The highest BCUT2D eigenvalue weighted by atomic mass is 16.5. The van der Waals surface area contributed by atoms with Crippen molar-refractivity contribution in [3.63, 3.8) is 0 Å². The molecule has 9 nitrogen and oxygen atoms in total. The fourth-order valence-corrected chi connectivity index (χ4v) is 5.32. The fourth-order valence-electron chi connectivity index (χ4n) is 5.32. The second-order valence-corrected chi connectivity index (χ2v) is 11.9. The predicted octanol–water partition coefficient (Wildman–Crippen LogP) is 9.00. The summed E-state index contributed by atoms with van der Waals surface area (Å²) in [7, 11) is 1.44. The topological polar surface area (TPSA) is 117 Å². The van der Waals surface area contributed by atoms with Gasteiger partial charge in [0.05, 0.1) is 37.1 Å². The highest BCUT2D eigenvalue weighted by molar-refractivity contribution is 6.16. The van der Waals surface area contributed by atoms with Crippen LogP contribution in [0.1, 0.15) is 122 Å². The molecule has 3 aromatic rings. The second kappa shape index (κ2) is 22.1. The Bertz CT molecular complexity index is 1450. The second-order valence-electron chi connectivity index (χ2n) is 11.9. The number of Topliss-reactive ketones (excluding diaryl/α,β-unsaturated/α-hetero) is 1. The minimum atomic E-state index is -1.60. The van der Waals surface area contributed by atoms with Crippen LogP contribution in [0, 0.1) is 0 Å². The molecule has 1 unspecified atom stereocenters. The molecular formula is C40H51NO8. The Labute approximate surface area is 290 Å². The summed E-state index contributed by atoms with van der Waals surface area (Å²) in [4.78, 5) is 52.1. The van der Waals surface area contributed by atoms with E-state index in [-0.39, 0.29) is 34.9 Å². The number of ketones is 1. The third-order valence-electron chi connectivity index (χ3n) is 8.08. The minimum absolute atomic E-state index is 0.180. The first-order chi connectivity index (χ1) is 23.9. The first-order valence-electron chi connectivity index (χ1n) is 17.6. The van der Waals surface area contributed by atoms with E-state index in [2.05, 4.69) is 12.2 Å². The molecule has 1 atom stereocenters. The zero-order chi connectivity index (χ0) is 35.3. The number of esters is 2. The van der Waals surface area contributed by atoms with Gasteiger partial charge in [0.15, 0.2) is 0 Å². The van der Waals surface area contributed by atoms with E-state index in [0.717, 1.165) is 19.3 Å². The molecule has 0 saturated carbocycles. The van der Waals surface area contributed by atoms with E-state index in [4.69, 9.17) is 18.9 Å². The van der Waals surface area contributed by atoms with Gasteiger partial charge in [0.2, 0.25) is 11.9 Å². The molecule has 3 aromatic carbocycles. The average Bonchev–Trinajstić information content (AvgIpc) is 3.12. The van der Waals surface area contributed by atoms with Crippen molar-refractivity contribution in [3.05, 3.63) is 89.5 Å². The van der Waals surface area contributed by atoms with Crippen LogP contribution in [-0.4, -0.2) is 50.1 Å². The van der Waals surface area contributed by atoms with Crippen LogP contribution in [-0.2, 0) is 14.3 Å². The number of amides is 1. The zero-order valence-corrected chi connectivity index (χ0v) is 29.2. The monoisotopic (exact) mass is 673 g/mol. The molecule has 1 N–H and O–H groups in total. The maximum atomic E-state index is 13.6. The van der Waals surface area contributed by atoms with Crippen LogP contribution < -0.4 is 14.8 Å². The summed E-state index contributed by atoms with van der Waals surface area (Å²) in [5.74, 6) is -1.89. The molecule has 3 rings (SSSR count). The van der Waals surface area contributed by atoms with E-state index >= 15 is 0 Å². The molecule has 0 saturated heterocycles. The fraction of sp³-hybridized carbons (Fsp3) is 0.450. The molecule has 0 aliphatic rings. The number of benzene rings is 3. The molecule has 9 heteroatoms. The summed E-state index contributed by atoms with van der Waals surface area (Å²) < 4.78 is 21.9. The van der Waals surface area contributed by atoms with Gasteiger partial charge in [-0.15, -0.1) is 0 Å². The van der Waals surface area contributed by atoms with E-state index < -0.39 is 29.7 Å². The lowest BCUT2D eigenvalue weighted by atomic mass is 10.1. The SMILES string of the molecule is CCCCCCCCCCCCCCOC(=O)c1ccc(OC)c(NC(=O)C(Oc2ccc(C(=O)OCC)cc2)C(=O)c2ccccc2)c1. The van der Waals surface area contributed by atoms with Gasteiger partial charge in [-0.2, -0.15) is 0 Å². The summed E-state index contributed by atoms with van der Waals surface area (Å²) in [6.45, 7) is 4.48. The largest absolute Gasteiger partial charge is 0.495 e. The third-order valence-corrected chi connectivity index (χ3v) is 8.08. The Morgan fingerprint density at radius 2 is 1.20 bits per heavy atom. The van der Waals surface area contributed by atoms with Crippen LogP contribution in [0.15, 0.2) is 72.8 Å². The maximum absolute atomic E-state index is 13.6. The number of hydrogen-bond donors (Lipinski definition) is 1. The minimum Gasteiger partial charge on any atom is -0.495 e. The maximum Gasteiger partial charge on any atom is 0.338 e. The van der Waals surface area contributed by atoms with Gasteiger partial charge in [0.1, 0.15) is 11.5 Å². The smallest absolute Gasteiger partial charge is 0.338 e. The van der Waals surface area contributed by atoms with Gasteiger partial charge < -0.3 is 24.3 Å². The summed E-state index contributed by atoms with van der Waals surface area (Å²) in [6.07, 6.45) is 13.0. The van der Waals surface area contributed by atoms with Crippen LogP contribution in [0.3, 0.4) is 0 Å². The van der Waals surface area contributed by atoms with E-state index in [1.165, 1.54) is 95.2 Å². The molecule has 0 aromatic heterocycles. The van der Waals surface area contributed by atoms with Crippen molar-refractivity contribution in [3.8, 4) is 11.5 Å². The Morgan fingerprint density at radius 3 is 1.80 bits per heavy atom. The number of carbonyl (C=O) groups excluding carboxylic acids is 4. The van der Waals surface area contributed by atoms with E-state index in [9.17, 15) is 19.2 Å². The molecule has 264 valence electrons. The molecule has 49 heavy (non-hydrogen) atoms. The quantitative estimate of drug-likeness (QED) is 0.0459. The number of unbranched alkanes of at least 4 members (excludes halogenated alkanes) is 11. The number of rotatable bonds is 23. The molecule has 0 aliphatic carbocycles. The number of ether oxygens (including phenoxy) is 4. The molecular weight excluding hydrogens is 622 g/mol. The lowest BCUT2D eigenvalue weighted by molar-refractivity contribution is -0.120. The molecule has 0 radical (unpaired) electrons. The lowest BCUT2D eigenvalue weighted by Gasteiger charge is -2.19. The van der Waals surface area contributed by atoms with Crippen molar-refractivity contribution in [2.24, 2.45) is 0 Å². The van der Waals surface area contributed by atoms with Crippen LogP contribution in [0.5, 0.6) is 11.5 Å². The molecule has 0 spiro atoms. The highest BCUT2D eigenvalue weighted by Gasteiger charge is 2.31. The molecule has 0 fully saturated rings. The number of hydrogen-bond acceptors (Lipinski definition) is 8. The molecule has 0 aliphatic heterocycles. The van der Waals surface area contributed by atoms with E-state index in [1.807, 2.05) is 0 Å². The van der Waals surface area contributed by atoms with Crippen molar-refractivity contribution >= 4 is 29.3 Å². The van der Waals surface area contributed by atoms with Gasteiger partial charge >= 0.3 is 11.9 Å². The molecule has 0 heterocycles. The lowest BCUT2D eigenvalue weighted by Crippen LogP contribution is -2.40. The third kappa shape index (κ3) is 13.4. The van der Waals surface area contributed by atoms with Gasteiger partial charge in [-0.05, 0) is 55.8 Å². The number of nitrogens with one attached hydrogen (secondary N) is 1. The summed E-state index contributed by atoms with van der Waals surface area (Å²) in [6, 6.07) is 18.8. The Hall–Kier alpha value is -4.66. The first-order valence-corrected chi connectivity index (χ1v) is 17.6. The Morgan fingerprint density at radius 1 is 0.633 bits per heavy atom. The van der Waals surface area contributed by atoms with Gasteiger partial charge in [-0.1, -0.05) is 108 Å². The zero-order valence-electron chi connectivity index (χ0n) is 29.2. The Balaban J connectivity index is 1.58. The van der Waals surface area contributed by atoms with Gasteiger partial charge in [0.25, 0.3) is 5.91 Å². The van der Waals surface area contributed by atoms with Gasteiger partial charge in [0, 0.05) is 5.56 Å². The predicted molar refractivity (Wildman–Crippen MR) is 191 cm³/mol. The average molecular weight is 674 g/mol. The number of methoxy groups -OCH3 is 1.